The van der Waals surface area contributed by atoms with Crippen molar-refractivity contribution in [3.05, 3.63) is 66.9 Å². The predicted molar refractivity (Wildman–Crippen MR) is 147 cm³/mol. The van der Waals surface area contributed by atoms with Gasteiger partial charge in [0.05, 0.1) is 29.0 Å². The number of likely N-dealkylation sites (N-methyl/N-ethyl adjacent to an activating group) is 1. The Hall–Kier alpha value is -4.28. The average Bonchev–Trinajstić information content (AvgIpc) is 3.33. The minimum atomic E-state index is -0.358. The van der Waals surface area contributed by atoms with Gasteiger partial charge in [0, 0.05) is 66.7 Å². The van der Waals surface area contributed by atoms with Crippen LogP contribution in [0.15, 0.2) is 61.8 Å². The van der Waals surface area contributed by atoms with Crippen LogP contribution in [0.25, 0.3) is 22.0 Å². The van der Waals surface area contributed by atoms with Crippen LogP contribution in [-0.2, 0) is 4.79 Å². The van der Waals surface area contributed by atoms with Crippen molar-refractivity contribution >= 4 is 45.7 Å². The Morgan fingerprint density at radius 3 is 2.71 bits per heavy atom. The molecule has 1 unspecified atom stereocenters. The fourth-order valence-corrected chi connectivity index (χ4v) is 4.46. The Balaban J connectivity index is 1.52. The Bertz CT molecular complexity index is 1510. The zero-order valence-electron chi connectivity index (χ0n) is 20.9. The number of anilines is 3. The minimum absolute atomic E-state index is 0.000250. The summed E-state index contributed by atoms with van der Waals surface area (Å²) < 4.78 is 11.9. The van der Waals surface area contributed by atoms with Gasteiger partial charge in [0.15, 0.2) is 0 Å². The predicted octanol–water partition coefficient (Wildman–Crippen LogP) is 4.70. The third kappa shape index (κ3) is 5.51. The maximum atomic E-state index is 12.2. The van der Waals surface area contributed by atoms with E-state index < -0.39 is 0 Å². The van der Waals surface area contributed by atoms with Crippen molar-refractivity contribution in [2.24, 2.45) is 0 Å². The first-order chi connectivity index (χ1) is 18.4. The molecule has 0 radical (unpaired) electrons. The molecule has 38 heavy (non-hydrogen) atoms. The summed E-state index contributed by atoms with van der Waals surface area (Å²) in [4.78, 5) is 32.1. The minimum Gasteiger partial charge on any atom is -0.494 e. The molecule has 194 valence electrons. The highest BCUT2D eigenvalue weighted by atomic mass is 35.5. The molecule has 4 aromatic rings. The maximum Gasteiger partial charge on any atom is 0.247 e. The molecule has 0 saturated carbocycles. The van der Waals surface area contributed by atoms with Gasteiger partial charge in [-0.2, -0.15) is 0 Å². The normalized spacial score (nSPS) is 15.3. The monoisotopic (exact) mass is 531 g/mol. The lowest BCUT2D eigenvalue weighted by molar-refractivity contribution is -0.111. The van der Waals surface area contributed by atoms with Crippen LogP contribution in [0.2, 0.25) is 5.02 Å². The number of methoxy groups -OCH3 is 1. The highest BCUT2D eigenvalue weighted by molar-refractivity contribution is 6.30. The van der Waals surface area contributed by atoms with Crippen LogP contribution in [0, 0.1) is 0 Å². The molecule has 1 aromatic carbocycles. The molecule has 1 atom stereocenters. The summed E-state index contributed by atoms with van der Waals surface area (Å²) in [5, 5.41) is 7.31. The third-order valence-corrected chi connectivity index (χ3v) is 6.35. The summed E-state index contributed by atoms with van der Waals surface area (Å²) in [7, 11) is 3.61. The summed E-state index contributed by atoms with van der Waals surface area (Å²) >= 11 is 6.16. The van der Waals surface area contributed by atoms with E-state index in [2.05, 4.69) is 37.1 Å². The number of carbonyl (C=O) groups is 1. The number of aromatic nitrogens is 4. The summed E-state index contributed by atoms with van der Waals surface area (Å²) in [6, 6.07) is 5.28. The van der Waals surface area contributed by atoms with E-state index in [1.54, 1.807) is 56.3 Å². The van der Waals surface area contributed by atoms with Gasteiger partial charge in [0.1, 0.15) is 17.6 Å². The van der Waals surface area contributed by atoms with E-state index in [-0.39, 0.29) is 12.0 Å². The maximum absolute atomic E-state index is 12.2. The lowest BCUT2D eigenvalue weighted by Gasteiger charge is -2.20. The highest BCUT2D eigenvalue weighted by Gasteiger charge is 2.24. The van der Waals surface area contributed by atoms with Crippen LogP contribution in [0.4, 0.5) is 17.3 Å². The van der Waals surface area contributed by atoms with Gasteiger partial charge >= 0.3 is 0 Å². The molecule has 10 nitrogen and oxygen atoms in total. The van der Waals surface area contributed by atoms with Gasteiger partial charge in [0.25, 0.3) is 0 Å². The summed E-state index contributed by atoms with van der Waals surface area (Å²) in [6.07, 6.45) is 10.4. The first kappa shape index (κ1) is 25.4. The summed E-state index contributed by atoms with van der Waals surface area (Å²) in [5.41, 5.74) is 3.24. The Morgan fingerprint density at radius 1 is 1.13 bits per heavy atom. The largest absolute Gasteiger partial charge is 0.494 e. The molecule has 5 rings (SSSR count). The second-order valence-corrected chi connectivity index (χ2v) is 9.30. The van der Waals surface area contributed by atoms with Crippen LogP contribution >= 0.6 is 11.6 Å². The number of hydrogen-bond acceptors (Lipinski definition) is 9. The molecule has 1 fully saturated rings. The van der Waals surface area contributed by atoms with Gasteiger partial charge in [-0.05, 0) is 31.7 Å². The van der Waals surface area contributed by atoms with E-state index in [9.17, 15) is 4.79 Å². The van der Waals surface area contributed by atoms with Crippen LogP contribution < -0.4 is 20.1 Å². The number of nitrogens with zero attached hydrogens (tertiary/aromatic N) is 5. The zero-order chi connectivity index (χ0) is 26.6. The van der Waals surface area contributed by atoms with Crippen molar-refractivity contribution in [2.45, 2.75) is 12.5 Å². The van der Waals surface area contributed by atoms with Gasteiger partial charge in [-0.25, -0.2) is 9.97 Å². The molecule has 3 aromatic heterocycles. The quantitative estimate of drug-likeness (QED) is 0.312. The molecular formula is C27H26ClN7O3. The van der Waals surface area contributed by atoms with Crippen molar-refractivity contribution in [1.82, 2.24) is 24.8 Å². The summed E-state index contributed by atoms with van der Waals surface area (Å²) in [6.45, 7) is 5.29. The lowest BCUT2D eigenvalue weighted by Crippen LogP contribution is -2.22. The number of rotatable bonds is 8. The Morgan fingerprint density at radius 2 is 1.97 bits per heavy atom. The highest BCUT2D eigenvalue weighted by Crippen LogP contribution is 2.39. The van der Waals surface area contributed by atoms with Crippen LogP contribution in [0.3, 0.4) is 0 Å². The number of benzene rings is 1. The van der Waals surface area contributed by atoms with Crippen LogP contribution in [0.5, 0.6) is 11.5 Å². The third-order valence-electron chi connectivity index (χ3n) is 6.14. The summed E-state index contributed by atoms with van der Waals surface area (Å²) in [5.74, 6) is 0.971. The molecule has 1 aliphatic heterocycles. The number of halogens is 1. The van der Waals surface area contributed by atoms with Gasteiger partial charge in [-0.3, -0.25) is 14.8 Å². The second kappa shape index (κ2) is 11.0. The van der Waals surface area contributed by atoms with E-state index in [0.29, 0.717) is 39.4 Å². The number of likely N-dealkylation sites (tertiary alicyclic amines) is 1. The van der Waals surface area contributed by atoms with E-state index in [4.69, 9.17) is 26.1 Å². The lowest BCUT2D eigenvalue weighted by atomic mass is 10.1. The van der Waals surface area contributed by atoms with Crippen molar-refractivity contribution < 1.29 is 14.3 Å². The zero-order valence-corrected chi connectivity index (χ0v) is 21.7. The standard InChI is InChI=1S/C27H26ClN7O3/c1-4-25(36)32-22-8-21(23(37-3)9-24(22)38-19-5-6-35(2)15-19)33-27-31-12-17-11-30-14-20(26(17)34-27)16-7-18(28)13-29-10-16/h4,7-14,19H,1,5-6,15H2,2-3H3,(H,32,36)(H,31,33,34). The van der Waals surface area contributed by atoms with Gasteiger partial charge in [-0.1, -0.05) is 18.2 Å². The molecule has 1 aliphatic rings. The van der Waals surface area contributed by atoms with Gasteiger partial charge < -0.3 is 25.0 Å². The number of carbonyl (C=O) groups excluding carboxylic acids is 1. The fraction of sp³-hybridized carbons (Fsp3) is 0.222. The number of amides is 1. The van der Waals surface area contributed by atoms with E-state index in [0.717, 1.165) is 36.0 Å². The Kier molecular flexibility index (Phi) is 7.34. The molecule has 11 heteroatoms. The molecular weight excluding hydrogens is 506 g/mol. The van der Waals surface area contributed by atoms with Crippen LogP contribution in [0.1, 0.15) is 6.42 Å². The number of hydrogen-bond donors (Lipinski definition) is 2. The van der Waals surface area contributed by atoms with Crippen LogP contribution in [-0.4, -0.2) is 64.1 Å². The molecule has 0 aliphatic carbocycles. The number of fused-ring (bicyclic) bond motifs is 1. The fourth-order valence-electron chi connectivity index (χ4n) is 4.28. The number of pyridine rings is 2. The molecule has 0 spiro atoms. The van der Waals surface area contributed by atoms with Gasteiger partial charge in [-0.15, -0.1) is 0 Å². The molecule has 1 amide bonds. The molecule has 2 N–H and O–H groups in total. The van der Waals surface area contributed by atoms with Crippen molar-refractivity contribution in [3.63, 3.8) is 0 Å². The first-order valence-corrected chi connectivity index (χ1v) is 12.3. The average molecular weight is 532 g/mol. The van der Waals surface area contributed by atoms with Crippen molar-refractivity contribution in [2.75, 3.05) is 37.9 Å². The van der Waals surface area contributed by atoms with Gasteiger partial charge in [0.2, 0.25) is 11.9 Å². The van der Waals surface area contributed by atoms with E-state index in [1.807, 2.05) is 7.05 Å². The smallest absolute Gasteiger partial charge is 0.247 e. The number of nitrogens with one attached hydrogen (secondary N) is 2. The molecule has 0 bridgehead atoms. The topological polar surface area (TPSA) is 114 Å². The Labute approximate surface area is 224 Å². The van der Waals surface area contributed by atoms with Crippen molar-refractivity contribution in [3.8, 4) is 22.6 Å². The SMILES string of the molecule is C=CC(=O)Nc1cc(Nc2ncc3cncc(-c4cncc(Cl)c4)c3n2)c(OC)cc1OC1CCN(C)C1. The molecule has 4 heterocycles. The van der Waals surface area contributed by atoms with E-state index in [1.165, 1.54) is 6.08 Å². The number of ether oxygens (including phenoxy) is 2. The van der Waals surface area contributed by atoms with E-state index >= 15 is 0 Å². The molecule has 1 saturated heterocycles. The second-order valence-electron chi connectivity index (χ2n) is 8.87. The van der Waals surface area contributed by atoms with Crippen molar-refractivity contribution in [1.29, 1.82) is 0 Å². The first-order valence-electron chi connectivity index (χ1n) is 11.9.